The summed E-state index contributed by atoms with van der Waals surface area (Å²) in [5.41, 5.74) is 2.21. The van der Waals surface area contributed by atoms with Crippen LogP contribution in [0.5, 0.6) is 0 Å². The second-order valence-electron chi connectivity index (χ2n) is 4.98. The van der Waals surface area contributed by atoms with E-state index in [-0.39, 0.29) is 0 Å². The van der Waals surface area contributed by atoms with Crippen LogP contribution in [0.2, 0.25) is 0 Å². The second kappa shape index (κ2) is 7.57. The van der Waals surface area contributed by atoms with Crippen molar-refractivity contribution >= 4 is 11.6 Å². The summed E-state index contributed by atoms with van der Waals surface area (Å²) in [6, 6.07) is 5.97. The fourth-order valence-electron chi connectivity index (χ4n) is 2.34. The van der Waals surface area contributed by atoms with Crippen LogP contribution in [0.15, 0.2) is 30.7 Å². The van der Waals surface area contributed by atoms with Gasteiger partial charge >= 0.3 is 0 Å². The molecule has 0 amide bonds. The monoisotopic (exact) mass is 285 g/mol. The standard InChI is InChI=1S/C16H23N5/c1-4-8-14-15(17-5-2)19-12-20-16(14)21(3)11-13-9-6-7-10-18-13/h6-7,9-10,12H,4-5,8,11H2,1-3H3,(H,17,19,20). The van der Waals surface area contributed by atoms with Crippen LogP contribution in [-0.2, 0) is 13.0 Å². The van der Waals surface area contributed by atoms with Crippen molar-refractivity contribution in [3.05, 3.63) is 42.0 Å². The predicted molar refractivity (Wildman–Crippen MR) is 86.5 cm³/mol. The molecule has 0 spiro atoms. The fourth-order valence-corrected chi connectivity index (χ4v) is 2.34. The molecule has 1 N–H and O–H groups in total. The maximum absolute atomic E-state index is 4.48. The Balaban J connectivity index is 2.26. The molecule has 0 aliphatic carbocycles. The van der Waals surface area contributed by atoms with Crippen LogP contribution < -0.4 is 10.2 Å². The van der Waals surface area contributed by atoms with Gasteiger partial charge in [-0.1, -0.05) is 19.4 Å². The number of hydrogen-bond donors (Lipinski definition) is 1. The first-order valence-electron chi connectivity index (χ1n) is 7.45. The van der Waals surface area contributed by atoms with E-state index in [1.54, 1.807) is 6.33 Å². The van der Waals surface area contributed by atoms with E-state index >= 15 is 0 Å². The van der Waals surface area contributed by atoms with E-state index in [1.807, 2.05) is 31.4 Å². The molecular weight excluding hydrogens is 262 g/mol. The average Bonchev–Trinajstić information content (AvgIpc) is 2.50. The van der Waals surface area contributed by atoms with Crippen LogP contribution in [-0.4, -0.2) is 28.5 Å². The van der Waals surface area contributed by atoms with Gasteiger partial charge in [-0.2, -0.15) is 0 Å². The van der Waals surface area contributed by atoms with Gasteiger partial charge in [0.1, 0.15) is 18.0 Å². The van der Waals surface area contributed by atoms with Crippen LogP contribution in [0.25, 0.3) is 0 Å². The molecule has 2 rings (SSSR count). The SMILES string of the molecule is CCCc1c(NCC)ncnc1N(C)Cc1ccccn1. The lowest BCUT2D eigenvalue weighted by atomic mass is 10.1. The largest absolute Gasteiger partial charge is 0.370 e. The van der Waals surface area contributed by atoms with Crippen LogP contribution in [0.4, 0.5) is 11.6 Å². The Hall–Kier alpha value is -2.17. The maximum Gasteiger partial charge on any atom is 0.137 e. The van der Waals surface area contributed by atoms with Crippen molar-refractivity contribution < 1.29 is 0 Å². The first-order valence-corrected chi connectivity index (χ1v) is 7.45. The van der Waals surface area contributed by atoms with Crippen molar-refractivity contribution in [2.75, 3.05) is 23.8 Å². The van der Waals surface area contributed by atoms with Crippen molar-refractivity contribution in [1.29, 1.82) is 0 Å². The zero-order valence-corrected chi connectivity index (χ0v) is 13.0. The Kier molecular flexibility index (Phi) is 5.49. The summed E-state index contributed by atoms with van der Waals surface area (Å²) < 4.78 is 0. The lowest BCUT2D eigenvalue weighted by Crippen LogP contribution is -2.21. The Morgan fingerprint density at radius 1 is 1.14 bits per heavy atom. The summed E-state index contributed by atoms with van der Waals surface area (Å²) in [6.45, 7) is 5.84. The van der Waals surface area contributed by atoms with Gasteiger partial charge in [0.15, 0.2) is 0 Å². The summed E-state index contributed by atoms with van der Waals surface area (Å²) in [5.74, 6) is 1.92. The summed E-state index contributed by atoms with van der Waals surface area (Å²) in [6.07, 6.45) is 5.48. The molecule has 0 aliphatic heterocycles. The van der Waals surface area contributed by atoms with Gasteiger partial charge in [-0.25, -0.2) is 9.97 Å². The zero-order valence-electron chi connectivity index (χ0n) is 13.0. The van der Waals surface area contributed by atoms with Gasteiger partial charge in [-0.15, -0.1) is 0 Å². The van der Waals surface area contributed by atoms with E-state index in [2.05, 4.69) is 39.0 Å². The topological polar surface area (TPSA) is 53.9 Å². The minimum atomic E-state index is 0.736. The third-order valence-electron chi connectivity index (χ3n) is 3.25. The molecule has 2 aromatic heterocycles. The van der Waals surface area contributed by atoms with Crippen LogP contribution in [0, 0.1) is 0 Å². The number of rotatable bonds is 7. The number of hydrogen-bond acceptors (Lipinski definition) is 5. The molecule has 0 saturated carbocycles. The third kappa shape index (κ3) is 3.90. The highest BCUT2D eigenvalue weighted by Crippen LogP contribution is 2.25. The van der Waals surface area contributed by atoms with Crippen molar-refractivity contribution in [1.82, 2.24) is 15.0 Å². The van der Waals surface area contributed by atoms with Gasteiger partial charge in [0.05, 0.1) is 12.2 Å². The van der Waals surface area contributed by atoms with E-state index in [4.69, 9.17) is 0 Å². The quantitative estimate of drug-likeness (QED) is 0.847. The second-order valence-corrected chi connectivity index (χ2v) is 4.98. The van der Waals surface area contributed by atoms with Crippen LogP contribution in [0.3, 0.4) is 0 Å². The minimum Gasteiger partial charge on any atom is -0.370 e. The Morgan fingerprint density at radius 3 is 2.67 bits per heavy atom. The lowest BCUT2D eigenvalue weighted by molar-refractivity contribution is 0.827. The average molecular weight is 285 g/mol. The summed E-state index contributed by atoms with van der Waals surface area (Å²) in [4.78, 5) is 15.4. The van der Waals surface area contributed by atoms with E-state index in [0.717, 1.165) is 43.3 Å². The van der Waals surface area contributed by atoms with E-state index in [9.17, 15) is 0 Å². The molecule has 0 bridgehead atoms. The molecule has 5 heteroatoms. The number of nitrogens with zero attached hydrogens (tertiary/aromatic N) is 4. The molecule has 0 saturated heterocycles. The molecule has 0 fully saturated rings. The van der Waals surface area contributed by atoms with Crippen molar-refractivity contribution in [3.8, 4) is 0 Å². The molecule has 2 heterocycles. The predicted octanol–water partition coefficient (Wildman–Crippen LogP) is 2.89. The van der Waals surface area contributed by atoms with E-state index in [0.29, 0.717) is 0 Å². The fraction of sp³-hybridized carbons (Fsp3) is 0.438. The number of pyridine rings is 1. The molecule has 5 nitrogen and oxygen atoms in total. The maximum atomic E-state index is 4.48. The molecule has 0 aromatic carbocycles. The highest BCUT2D eigenvalue weighted by atomic mass is 15.2. The first-order chi connectivity index (χ1) is 10.3. The molecule has 0 aliphatic rings. The molecule has 21 heavy (non-hydrogen) atoms. The number of aromatic nitrogens is 3. The Morgan fingerprint density at radius 2 is 2.00 bits per heavy atom. The molecule has 112 valence electrons. The van der Waals surface area contributed by atoms with E-state index in [1.165, 1.54) is 5.56 Å². The normalized spacial score (nSPS) is 10.4. The Bertz CT molecular complexity index is 556. The highest BCUT2D eigenvalue weighted by Gasteiger charge is 2.14. The van der Waals surface area contributed by atoms with Gasteiger partial charge < -0.3 is 10.2 Å². The lowest BCUT2D eigenvalue weighted by Gasteiger charge is -2.22. The van der Waals surface area contributed by atoms with Crippen LogP contribution >= 0.6 is 0 Å². The smallest absolute Gasteiger partial charge is 0.137 e. The minimum absolute atomic E-state index is 0.736. The van der Waals surface area contributed by atoms with Gasteiger partial charge in [0, 0.05) is 25.4 Å². The highest BCUT2D eigenvalue weighted by molar-refractivity contribution is 5.58. The molecule has 0 radical (unpaired) electrons. The van der Waals surface area contributed by atoms with Crippen molar-refractivity contribution in [2.45, 2.75) is 33.2 Å². The van der Waals surface area contributed by atoms with E-state index < -0.39 is 0 Å². The zero-order chi connectivity index (χ0) is 15.1. The molecule has 2 aromatic rings. The van der Waals surface area contributed by atoms with Gasteiger partial charge in [-0.3, -0.25) is 4.98 Å². The van der Waals surface area contributed by atoms with Crippen molar-refractivity contribution in [3.63, 3.8) is 0 Å². The van der Waals surface area contributed by atoms with Gasteiger partial charge in [0.25, 0.3) is 0 Å². The number of nitrogens with one attached hydrogen (secondary N) is 1. The molecule has 0 atom stereocenters. The Labute approximate surface area is 126 Å². The summed E-state index contributed by atoms with van der Waals surface area (Å²) >= 11 is 0. The van der Waals surface area contributed by atoms with Crippen LogP contribution in [0.1, 0.15) is 31.5 Å². The number of anilines is 2. The first kappa shape index (κ1) is 15.2. The molecule has 0 unspecified atom stereocenters. The third-order valence-corrected chi connectivity index (χ3v) is 3.25. The molecular formula is C16H23N5. The summed E-state index contributed by atoms with van der Waals surface area (Å²) in [7, 11) is 2.05. The summed E-state index contributed by atoms with van der Waals surface area (Å²) in [5, 5.41) is 3.33. The van der Waals surface area contributed by atoms with Gasteiger partial charge in [-0.05, 0) is 25.5 Å². The van der Waals surface area contributed by atoms with Gasteiger partial charge in [0.2, 0.25) is 0 Å². The van der Waals surface area contributed by atoms with Crippen molar-refractivity contribution in [2.24, 2.45) is 0 Å².